The summed E-state index contributed by atoms with van der Waals surface area (Å²) in [5, 5.41) is 9.81. The van der Waals surface area contributed by atoms with E-state index in [0.29, 0.717) is 31.1 Å². The Morgan fingerprint density at radius 3 is 2.83 bits per heavy atom. The first-order chi connectivity index (χ1) is 8.63. The van der Waals surface area contributed by atoms with Crippen LogP contribution in [-0.2, 0) is 16.0 Å². The second-order valence-electron chi connectivity index (χ2n) is 4.27. The lowest BCUT2D eigenvalue weighted by Gasteiger charge is -2.12. The van der Waals surface area contributed by atoms with Crippen LogP contribution in [-0.4, -0.2) is 24.3 Å². The first-order valence-corrected chi connectivity index (χ1v) is 6.56. The Morgan fingerprint density at radius 1 is 1.44 bits per heavy atom. The molecule has 0 saturated carbocycles. The zero-order valence-corrected chi connectivity index (χ0v) is 11.3. The number of ether oxygens (including phenoxy) is 1. The summed E-state index contributed by atoms with van der Waals surface area (Å²) in [5.41, 5.74) is 0.949. The maximum atomic E-state index is 11.2. The molecule has 3 nitrogen and oxygen atoms in total. The standard InChI is InChI=1S/C14H19ClO3/c1-2-7-18-8-6-12(14(16)17)9-11-4-3-5-13(15)10-11/h3-5,10,12H,2,6-9H2,1H3,(H,16,17). The van der Waals surface area contributed by atoms with Crippen molar-refractivity contribution in [1.82, 2.24) is 0 Å². The summed E-state index contributed by atoms with van der Waals surface area (Å²) < 4.78 is 5.34. The van der Waals surface area contributed by atoms with E-state index in [1.165, 1.54) is 0 Å². The molecule has 1 atom stereocenters. The summed E-state index contributed by atoms with van der Waals surface area (Å²) in [6.45, 7) is 3.20. The van der Waals surface area contributed by atoms with Crippen molar-refractivity contribution in [2.24, 2.45) is 5.92 Å². The fraction of sp³-hybridized carbons (Fsp3) is 0.500. The molecule has 1 aromatic rings. The van der Waals surface area contributed by atoms with Gasteiger partial charge in [-0.2, -0.15) is 0 Å². The molecule has 0 aliphatic rings. The van der Waals surface area contributed by atoms with E-state index in [2.05, 4.69) is 0 Å². The number of carboxylic acid groups (broad SMARTS) is 1. The maximum Gasteiger partial charge on any atom is 0.306 e. The fourth-order valence-corrected chi connectivity index (χ4v) is 1.95. The smallest absolute Gasteiger partial charge is 0.306 e. The Hall–Kier alpha value is -1.06. The molecule has 0 aromatic heterocycles. The van der Waals surface area contributed by atoms with Crippen molar-refractivity contribution < 1.29 is 14.6 Å². The summed E-state index contributed by atoms with van der Waals surface area (Å²) in [7, 11) is 0. The second-order valence-corrected chi connectivity index (χ2v) is 4.71. The van der Waals surface area contributed by atoms with Crippen LogP contribution < -0.4 is 0 Å². The average Bonchev–Trinajstić information content (AvgIpc) is 2.33. The van der Waals surface area contributed by atoms with Crippen LogP contribution in [0.15, 0.2) is 24.3 Å². The number of rotatable bonds is 8. The minimum absolute atomic E-state index is 0.416. The van der Waals surface area contributed by atoms with E-state index < -0.39 is 11.9 Å². The van der Waals surface area contributed by atoms with Gasteiger partial charge >= 0.3 is 5.97 Å². The van der Waals surface area contributed by atoms with Crippen molar-refractivity contribution in [1.29, 1.82) is 0 Å². The van der Waals surface area contributed by atoms with Gasteiger partial charge in [0, 0.05) is 18.2 Å². The van der Waals surface area contributed by atoms with Crippen LogP contribution in [0.2, 0.25) is 5.02 Å². The van der Waals surface area contributed by atoms with Crippen LogP contribution >= 0.6 is 11.6 Å². The lowest BCUT2D eigenvalue weighted by atomic mass is 9.97. The van der Waals surface area contributed by atoms with Gasteiger partial charge < -0.3 is 9.84 Å². The van der Waals surface area contributed by atoms with Crippen molar-refractivity contribution in [2.75, 3.05) is 13.2 Å². The lowest BCUT2D eigenvalue weighted by molar-refractivity contribution is -0.142. The number of carboxylic acids is 1. The van der Waals surface area contributed by atoms with Gasteiger partial charge in [0.2, 0.25) is 0 Å². The highest BCUT2D eigenvalue weighted by molar-refractivity contribution is 6.30. The van der Waals surface area contributed by atoms with E-state index in [-0.39, 0.29) is 0 Å². The van der Waals surface area contributed by atoms with Crippen LogP contribution in [0.3, 0.4) is 0 Å². The van der Waals surface area contributed by atoms with E-state index in [4.69, 9.17) is 16.3 Å². The molecule has 1 N–H and O–H groups in total. The quantitative estimate of drug-likeness (QED) is 0.737. The highest BCUT2D eigenvalue weighted by Crippen LogP contribution is 2.17. The molecule has 0 aliphatic carbocycles. The third kappa shape index (κ3) is 5.52. The summed E-state index contributed by atoms with van der Waals surface area (Å²) in [6.07, 6.45) is 1.97. The summed E-state index contributed by atoms with van der Waals surface area (Å²) >= 11 is 5.88. The molecule has 1 unspecified atom stereocenters. The van der Waals surface area contributed by atoms with Gasteiger partial charge in [-0.15, -0.1) is 0 Å². The number of halogens is 1. The summed E-state index contributed by atoms with van der Waals surface area (Å²) in [5.74, 6) is -1.20. The van der Waals surface area contributed by atoms with Gasteiger partial charge in [0.15, 0.2) is 0 Å². The third-order valence-electron chi connectivity index (χ3n) is 2.68. The minimum atomic E-state index is -0.782. The highest BCUT2D eigenvalue weighted by Gasteiger charge is 2.17. The highest BCUT2D eigenvalue weighted by atomic mass is 35.5. The Morgan fingerprint density at radius 2 is 2.22 bits per heavy atom. The first kappa shape index (κ1) is 15.0. The molecule has 1 rings (SSSR count). The molecule has 0 amide bonds. The van der Waals surface area contributed by atoms with Gasteiger partial charge in [0.1, 0.15) is 0 Å². The predicted octanol–water partition coefficient (Wildman–Crippen LogP) is 3.40. The van der Waals surface area contributed by atoms with Crippen molar-refractivity contribution in [2.45, 2.75) is 26.2 Å². The molecule has 4 heteroatoms. The number of hydrogen-bond acceptors (Lipinski definition) is 2. The monoisotopic (exact) mass is 270 g/mol. The van der Waals surface area contributed by atoms with Gasteiger partial charge in [-0.25, -0.2) is 0 Å². The zero-order valence-electron chi connectivity index (χ0n) is 10.6. The first-order valence-electron chi connectivity index (χ1n) is 6.18. The van der Waals surface area contributed by atoms with Gasteiger partial charge in [0.25, 0.3) is 0 Å². The number of aliphatic carboxylic acids is 1. The van der Waals surface area contributed by atoms with Crippen molar-refractivity contribution >= 4 is 17.6 Å². The molecule has 0 saturated heterocycles. The van der Waals surface area contributed by atoms with Crippen LogP contribution in [0, 0.1) is 5.92 Å². The summed E-state index contributed by atoms with van der Waals surface area (Å²) in [6, 6.07) is 7.33. The van der Waals surface area contributed by atoms with E-state index in [1.54, 1.807) is 6.07 Å². The average molecular weight is 271 g/mol. The van der Waals surface area contributed by atoms with Crippen LogP contribution in [0.25, 0.3) is 0 Å². The zero-order chi connectivity index (χ0) is 13.4. The molecule has 18 heavy (non-hydrogen) atoms. The fourth-order valence-electron chi connectivity index (χ4n) is 1.73. The molecule has 0 radical (unpaired) electrons. The van der Waals surface area contributed by atoms with Gasteiger partial charge in [-0.05, 0) is 37.0 Å². The molecule has 0 spiro atoms. The Balaban J connectivity index is 2.50. The van der Waals surface area contributed by atoms with E-state index in [0.717, 1.165) is 12.0 Å². The third-order valence-corrected chi connectivity index (χ3v) is 2.91. The van der Waals surface area contributed by atoms with Crippen molar-refractivity contribution in [3.8, 4) is 0 Å². The van der Waals surface area contributed by atoms with E-state index in [9.17, 15) is 9.90 Å². The summed E-state index contributed by atoms with van der Waals surface area (Å²) in [4.78, 5) is 11.2. The Bertz CT molecular complexity index is 379. The minimum Gasteiger partial charge on any atom is -0.481 e. The second kappa shape index (κ2) is 8.11. The normalized spacial score (nSPS) is 12.3. The van der Waals surface area contributed by atoms with Gasteiger partial charge in [-0.1, -0.05) is 30.7 Å². The van der Waals surface area contributed by atoms with E-state index >= 15 is 0 Å². The largest absolute Gasteiger partial charge is 0.481 e. The number of carbonyl (C=O) groups is 1. The molecule has 0 aliphatic heterocycles. The molecule has 0 bridgehead atoms. The molecular weight excluding hydrogens is 252 g/mol. The molecule has 0 heterocycles. The molecule has 100 valence electrons. The van der Waals surface area contributed by atoms with Crippen LogP contribution in [0.4, 0.5) is 0 Å². The Labute approximate surface area is 113 Å². The van der Waals surface area contributed by atoms with Crippen LogP contribution in [0.1, 0.15) is 25.3 Å². The maximum absolute atomic E-state index is 11.2. The van der Waals surface area contributed by atoms with Gasteiger partial charge in [0.05, 0.1) is 5.92 Å². The predicted molar refractivity (Wildman–Crippen MR) is 72.0 cm³/mol. The van der Waals surface area contributed by atoms with E-state index in [1.807, 2.05) is 25.1 Å². The van der Waals surface area contributed by atoms with Crippen molar-refractivity contribution in [3.05, 3.63) is 34.9 Å². The topological polar surface area (TPSA) is 46.5 Å². The molecular formula is C14H19ClO3. The van der Waals surface area contributed by atoms with Crippen molar-refractivity contribution in [3.63, 3.8) is 0 Å². The Kier molecular flexibility index (Phi) is 6.76. The molecule has 1 aromatic carbocycles. The molecule has 0 fully saturated rings. The number of hydrogen-bond donors (Lipinski definition) is 1. The SMILES string of the molecule is CCCOCCC(Cc1cccc(Cl)c1)C(=O)O. The lowest BCUT2D eigenvalue weighted by Crippen LogP contribution is -2.18. The number of benzene rings is 1. The van der Waals surface area contributed by atoms with Crippen LogP contribution in [0.5, 0.6) is 0 Å². The van der Waals surface area contributed by atoms with Gasteiger partial charge in [-0.3, -0.25) is 4.79 Å².